The van der Waals surface area contributed by atoms with Gasteiger partial charge in [0, 0.05) is 30.8 Å². The van der Waals surface area contributed by atoms with E-state index in [1.165, 1.54) is 6.92 Å². The van der Waals surface area contributed by atoms with Crippen LogP contribution < -0.4 is 10.2 Å². The Kier molecular flexibility index (Phi) is 3.08. The summed E-state index contributed by atoms with van der Waals surface area (Å²) in [5.41, 5.74) is 3.15. The summed E-state index contributed by atoms with van der Waals surface area (Å²) in [6.45, 7) is 6.04. The van der Waals surface area contributed by atoms with Gasteiger partial charge in [-0.25, -0.2) is 0 Å². The maximum Gasteiger partial charge on any atom is 0.224 e. The SMILES string of the molecule is CC(=O)N1CC2=C(CC(C)(C)CC2=O)Nc2cnccc21. The minimum Gasteiger partial charge on any atom is -0.356 e. The Morgan fingerprint density at radius 3 is 2.86 bits per heavy atom. The van der Waals surface area contributed by atoms with E-state index in [4.69, 9.17) is 0 Å². The van der Waals surface area contributed by atoms with Gasteiger partial charge in [-0.3, -0.25) is 14.6 Å². The van der Waals surface area contributed by atoms with E-state index in [9.17, 15) is 9.59 Å². The van der Waals surface area contributed by atoms with Gasteiger partial charge in [0.15, 0.2) is 5.78 Å². The molecule has 0 unspecified atom stereocenters. The summed E-state index contributed by atoms with van der Waals surface area (Å²) in [7, 11) is 0. The molecule has 1 N–H and O–H groups in total. The fourth-order valence-corrected chi connectivity index (χ4v) is 3.07. The molecular weight excluding hydrogens is 266 g/mol. The van der Waals surface area contributed by atoms with Crippen LogP contribution >= 0.6 is 0 Å². The normalized spacial score (nSPS) is 20.3. The number of nitrogens with one attached hydrogen (secondary N) is 1. The first kappa shape index (κ1) is 13.8. The Hall–Kier alpha value is -2.17. The standard InChI is InChI=1S/C16H19N3O2/c1-10(20)19-9-11-12(6-16(2,3)7-15(11)21)18-13-8-17-5-4-14(13)19/h4-5,8,18H,6-7,9H2,1-3H3. The molecule has 21 heavy (non-hydrogen) atoms. The minimum atomic E-state index is -0.0735. The van der Waals surface area contributed by atoms with Crippen LogP contribution in [0.3, 0.4) is 0 Å². The predicted molar refractivity (Wildman–Crippen MR) is 80.9 cm³/mol. The van der Waals surface area contributed by atoms with Crippen LogP contribution in [0.4, 0.5) is 11.4 Å². The van der Waals surface area contributed by atoms with Gasteiger partial charge in [-0.1, -0.05) is 13.8 Å². The average molecular weight is 285 g/mol. The number of hydrogen-bond donors (Lipinski definition) is 1. The second-order valence-electron chi connectivity index (χ2n) is 6.52. The second-order valence-corrected chi connectivity index (χ2v) is 6.52. The number of hydrogen-bond acceptors (Lipinski definition) is 4. The van der Waals surface area contributed by atoms with Crippen molar-refractivity contribution in [2.45, 2.75) is 33.6 Å². The Morgan fingerprint density at radius 1 is 1.38 bits per heavy atom. The zero-order valence-corrected chi connectivity index (χ0v) is 12.6. The van der Waals surface area contributed by atoms with Crippen molar-refractivity contribution in [3.8, 4) is 0 Å². The summed E-state index contributed by atoms with van der Waals surface area (Å²) < 4.78 is 0. The van der Waals surface area contributed by atoms with Crippen LogP contribution in [0.1, 0.15) is 33.6 Å². The number of fused-ring (bicyclic) bond motifs is 1. The molecule has 0 fully saturated rings. The monoisotopic (exact) mass is 285 g/mol. The lowest BCUT2D eigenvalue weighted by molar-refractivity contribution is -0.118. The van der Waals surface area contributed by atoms with E-state index in [1.807, 2.05) is 0 Å². The van der Waals surface area contributed by atoms with Gasteiger partial charge in [0.1, 0.15) is 0 Å². The summed E-state index contributed by atoms with van der Waals surface area (Å²) in [5.74, 6) is 0.0522. The van der Waals surface area contributed by atoms with Crippen LogP contribution in [-0.4, -0.2) is 23.2 Å². The zero-order valence-electron chi connectivity index (χ0n) is 12.6. The molecule has 1 aliphatic carbocycles. The van der Waals surface area contributed by atoms with Crippen LogP contribution in [0.15, 0.2) is 29.7 Å². The van der Waals surface area contributed by atoms with Crippen LogP contribution in [0.2, 0.25) is 0 Å². The average Bonchev–Trinajstić information content (AvgIpc) is 2.53. The lowest BCUT2D eigenvalue weighted by Gasteiger charge is -2.32. The van der Waals surface area contributed by atoms with Gasteiger partial charge in [0.25, 0.3) is 0 Å². The molecular formula is C16H19N3O2. The highest BCUT2D eigenvalue weighted by Crippen LogP contribution is 2.41. The summed E-state index contributed by atoms with van der Waals surface area (Å²) >= 11 is 0. The molecule has 1 aromatic heterocycles. The fraction of sp³-hybridized carbons (Fsp3) is 0.438. The number of aromatic nitrogens is 1. The third-order valence-corrected chi connectivity index (χ3v) is 4.07. The predicted octanol–water partition coefficient (Wildman–Crippen LogP) is 2.50. The molecule has 3 rings (SSSR count). The van der Waals surface area contributed by atoms with E-state index in [-0.39, 0.29) is 17.1 Å². The van der Waals surface area contributed by atoms with Crippen molar-refractivity contribution in [2.24, 2.45) is 5.41 Å². The van der Waals surface area contributed by atoms with Crippen molar-refractivity contribution >= 4 is 23.1 Å². The molecule has 1 aliphatic heterocycles. The Balaban J connectivity index is 2.11. The number of nitrogens with zero attached hydrogens (tertiary/aromatic N) is 2. The summed E-state index contributed by atoms with van der Waals surface area (Å²) in [5, 5.41) is 3.33. The van der Waals surface area contributed by atoms with Gasteiger partial charge >= 0.3 is 0 Å². The number of carbonyl (C=O) groups is 2. The topological polar surface area (TPSA) is 62.3 Å². The lowest BCUT2D eigenvalue weighted by atomic mass is 9.75. The van der Waals surface area contributed by atoms with Crippen molar-refractivity contribution < 1.29 is 9.59 Å². The van der Waals surface area contributed by atoms with E-state index >= 15 is 0 Å². The number of rotatable bonds is 0. The van der Waals surface area contributed by atoms with Crippen LogP contribution in [-0.2, 0) is 9.59 Å². The molecule has 2 heterocycles. The van der Waals surface area contributed by atoms with E-state index in [0.29, 0.717) is 13.0 Å². The quantitative estimate of drug-likeness (QED) is 0.795. The number of anilines is 2. The fourth-order valence-electron chi connectivity index (χ4n) is 3.07. The highest BCUT2D eigenvalue weighted by atomic mass is 16.2. The lowest BCUT2D eigenvalue weighted by Crippen LogP contribution is -2.35. The number of pyridine rings is 1. The van der Waals surface area contributed by atoms with Gasteiger partial charge in [0.05, 0.1) is 24.1 Å². The molecule has 0 saturated heterocycles. The Labute approximate surface area is 124 Å². The van der Waals surface area contributed by atoms with Crippen molar-refractivity contribution in [3.05, 3.63) is 29.7 Å². The number of ketones is 1. The maximum absolute atomic E-state index is 12.5. The zero-order chi connectivity index (χ0) is 15.2. The molecule has 0 aromatic carbocycles. The maximum atomic E-state index is 12.5. The minimum absolute atomic E-state index is 0.0588. The van der Waals surface area contributed by atoms with E-state index < -0.39 is 0 Å². The van der Waals surface area contributed by atoms with Gasteiger partial charge < -0.3 is 10.2 Å². The smallest absolute Gasteiger partial charge is 0.224 e. The van der Waals surface area contributed by atoms with E-state index in [2.05, 4.69) is 24.1 Å². The number of allylic oxidation sites excluding steroid dienone is 1. The molecule has 0 atom stereocenters. The Morgan fingerprint density at radius 2 is 2.14 bits per heavy atom. The van der Waals surface area contributed by atoms with Gasteiger partial charge in [0.2, 0.25) is 5.91 Å². The number of amides is 1. The molecule has 0 saturated carbocycles. The summed E-state index contributed by atoms with van der Waals surface area (Å²) in [6, 6.07) is 1.80. The van der Waals surface area contributed by atoms with Crippen LogP contribution in [0.5, 0.6) is 0 Å². The Bertz CT molecular complexity index is 661. The molecule has 5 heteroatoms. The third-order valence-electron chi connectivity index (χ3n) is 4.07. The third kappa shape index (κ3) is 2.44. The van der Waals surface area contributed by atoms with E-state index in [1.54, 1.807) is 23.4 Å². The molecule has 0 spiro atoms. The van der Waals surface area contributed by atoms with Crippen LogP contribution in [0.25, 0.3) is 0 Å². The molecule has 0 radical (unpaired) electrons. The molecule has 1 amide bonds. The van der Waals surface area contributed by atoms with Crippen LogP contribution in [0, 0.1) is 5.41 Å². The number of Topliss-reactive ketones (excluding diaryl/α,β-unsaturated/α-hetero) is 1. The van der Waals surface area contributed by atoms with Crippen molar-refractivity contribution in [2.75, 3.05) is 16.8 Å². The molecule has 2 aliphatic rings. The van der Waals surface area contributed by atoms with Gasteiger partial charge in [-0.2, -0.15) is 0 Å². The first-order chi connectivity index (χ1) is 9.87. The first-order valence-electron chi connectivity index (χ1n) is 7.12. The van der Waals surface area contributed by atoms with Gasteiger partial charge in [-0.15, -0.1) is 0 Å². The second kappa shape index (κ2) is 4.69. The summed E-state index contributed by atoms with van der Waals surface area (Å²) in [4.78, 5) is 30.2. The highest BCUT2D eigenvalue weighted by Gasteiger charge is 2.36. The highest BCUT2D eigenvalue weighted by molar-refractivity contribution is 6.04. The van der Waals surface area contributed by atoms with Gasteiger partial charge in [-0.05, 0) is 17.9 Å². The molecule has 1 aromatic rings. The first-order valence-corrected chi connectivity index (χ1v) is 7.12. The largest absolute Gasteiger partial charge is 0.356 e. The van der Waals surface area contributed by atoms with Crippen molar-refractivity contribution in [1.29, 1.82) is 0 Å². The van der Waals surface area contributed by atoms with Crippen molar-refractivity contribution in [1.82, 2.24) is 4.98 Å². The number of carbonyl (C=O) groups excluding carboxylic acids is 2. The molecule has 110 valence electrons. The summed E-state index contributed by atoms with van der Waals surface area (Å²) in [6.07, 6.45) is 4.68. The molecule has 5 nitrogen and oxygen atoms in total. The van der Waals surface area contributed by atoms with Crippen molar-refractivity contribution in [3.63, 3.8) is 0 Å². The molecule has 0 bridgehead atoms. The van der Waals surface area contributed by atoms with E-state index in [0.717, 1.165) is 29.1 Å².